The summed E-state index contributed by atoms with van der Waals surface area (Å²) in [6.07, 6.45) is 0. The Morgan fingerprint density at radius 3 is 1.83 bits per heavy atom. The lowest BCUT2D eigenvalue weighted by Gasteiger charge is -2.16. The molecule has 3 aromatic rings. The van der Waals surface area contributed by atoms with E-state index in [1.54, 1.807) is 31.2 Å². The Labute approximate surface area is 176 Å². The van der Waals surface area contributed by atoms with Gasteiger partial charge in [0.1, 0.15) is 11.4 Å². The number of ether oxygens (including phenoxy) is 1. The summed E-state index contributed by atoms with van der Waals surface area (Å²) in [6.45, 7) is 8.15. The van der Waals surface area contributed by atoms with Crippen LogP contribution in [0.1, 0.15) is 31.1 Å². The second-order valence-corrected chi connectivity index (χ2v) is 7.74. The Kier molecular flexibility index (Phi) is 5.99. The minimum Gasteiger partial charge on any atom is -0.423 e. The van der Waals surface area contributed by atoms with Crippen molar-refractivity contribution in [2.45, 2.75) is 26.4 Å². The van der Waals surface area contributed by atoms with Crippen molar-refractivity contribution >= 4 is 11.8 Å². The van der Waals surface area contributed by atoms with Crippen molar-refractivity contribution in [2.75, 3.05) is 0 Å². The zero-order valence-electron chi connectivity index (χ0n) is 17.3. The van der Waals surface area contributed by atoms with Gasteiger partial charge in [0.2, 0.25) is 0 Å². The van der Waals surface area contributed by atoms with Gasteiger partial charge in [0.15, 0.2) is 5.78 Å². The molecule has 0 heterocycles. The number of aliphatic hydroxyl groups is 1. The molecule has 152 valence electrons. The second-order valence-electron chi connectivity index (χ2n) is 7.74. The van der Waals surface area contributed by atoms with Crippen LogP contribution in [0.3, 0.4) is 0 Å². The smallest absolute Gasteiger partial charge is 0.338 e. The highest BCUT2D eigenvalue weighted by atomic mass is 16.5. The molecule has 4 heteroatoms. The molecule has 0 amide bonds. The summed E-state index contributed by atoms with van der Waals surface area (Å²) in [6, 6.07) is 22.5. The maximum Gasteiger partial charge on any atom is 0.338 e. The lowest BCUT2D eigenvalue weighted by Crippen LogP contribution is -2.31. The normalized spacial score (nSPS) is 11.1. The van der Waals surface area contributed by atoms with Crippen molar-refractivity contribution in [2.24, 2.45) is 0 Å². The fourth-order valence-electron chi connectivity index (χ4n) is 2.96. The summed E-state index contributed by atoms with van der Waals surface area (Å²) < 4.78 is 5.21. The maximum absolute atomic E-state index is 12.3. The molecule has 0 aliphatic carbocycles. The van der Waals surface area contributed by atoms with Crippen LogP contribution in [0, 0.1) is 0 Å². The molecule has 3 aromatic carbocycles. The van der Waals surface area contributed by atoms with Crippen molar-refractivity contribution < 1.29 is 19.4 Å². The summed E-state index contributed by atoms with van der Waals surface area (Å²) in [5.41, 5.74) is 3.29. The highest BCUT2D eigenvalue weighted by Crippen LogP contribution is 2.27. The Balaban J connectivity index is 1.79. The minimum atomic E-state index is -1.41. The van der Waals surface area contributed by atoms with Crippen LogP contribution in [0.5, 0.6) is 5.75 Å². The van der Waals surface area contributed by atoms with E-state index in [0.717, 1.165) is 22.3 Å². The van der Waals surface area contributed by atoms with Gasteiger partial charge in [-0.15, -0.1) is 0 Å². The van der Waals surface area contributed by atoms with E-state index >= 15 is 0 Å². The molecule has 0 saturated carbocycles. The molecule has 0 unspecified atom stereocenters. The van der Waals surface area contributed by atoms with Crippen LogP contribution in [-0.4, -0.2) is 22.5 Å². The molecule has 0 bridgehead atoms. The summed E-state index contributed by atoms with van der Waals surface area (Å²) in [4.78, 5) is 23.9. The molecular weight excluding hydrogens is 376 g/mol. The molecular formula is C26H24O4. The van der Waals surface area contributed by atoms with E-state index in [-0.39, 0.29) is 5.78 Å². The fourth-order valence-corrected chi connectivity index (χ4v) is 2.96. The Morgan fingerprint density at radius 2 is 1.33 bits per heavy atom. The van der Waals surface area contributed by atoms with Crippen LogP contribution in [0.15, 0.2) is 84.9 Å². The zero-order chi connectivity index (χ0) is 21.9. The lowest BCUT2D eigenvalue weighted by atomic mass is 9.93. The molecule has 0 aliphatic rings. The number of carbonyl (C=O) groups excluding carboxylic acids is 2. The van der Waals surface area contributed by atoms with E-state index in [2.05, 4.69) is 6.58 Å². The van der Waals surface area contributed by atoms with Crippen LogP contribution in [0.2, 0.25) is 0 Å². The van der Waals surface area contributed by atoms with Crippen LogP contribution < -0.4 is 4.74 Å². The van der Waals surface area contributed by atoms with Crippen LogP contribution in [-0.2, 0) is 4.79 Å². The van der Waals surface area contributed by atoms with Gasteiger partial charge in [0.25, 0.3) is 0 Å². The van der Waals surface area contributed by atoms with Crippen molar-refractivity contribution in [3.63, 3.8) is 0 Å². The summed E-state index contributed by atoms with van der Waals surface area (Å²) >= 11 is 0. The Bertz CT molecular complexity index is 1090. The van der Waals surface area contributed by atoms with E-state index in [1.165, 1.54) is 13.8 Å². The first-order valence-corrected chi connectivity index (χ1v) is 9.61. The minimum absolute atomic E-state index is 0.312. The van der Waals surface area contributed by atoms with E-state index in [0.29, 0.717) is 16.9 Å². The number of benzene rings is 3. The second kappa shape index (κ2) is 8.47. The zero-order valence-corrected chi connectivity index (χ0v) is 17.3. The van der Waals surface area contributed by atoms with E-state index in [9.17, 15) is 14.7 Å². The number of esters is 1. The molecule has 0 fully saturated rings. The maximum atomic E-state index is 12.3. The van der Waals surface area contributed by atoms with Crippen molar-refractivity contribution in [3.8, 4) is 28.0 Å². The van der Waals surface area contributed by atoms with Crippen LogP contribution in [0.4, 0.5) is 0 Å². The third-order valence-corrected chi connectivity index (χ3v) is 4.65. The molecule has 30 heavy (non-hydrogen) atoms. The number of carbonyl (C=O) groups is 2. The van der Waals surface area contributed by atoms with Gasteiger partial charge in [-0.3, -0.25) is 4.79 Å². The number of ketones is 1. The average Bonchev–Trinajstić information content (AvgIpc) is 2.73. The number of hydrogen-bond acceptors (Lipinski definition) is 4. The quantitative estimate of drug-likeness (QED) is 0.258. The molecule has 0 aromatic heterocycles. The molecule has 1 N–H and O–H groups in total. The van der Waals surface area contributed by atoms with Crippen LogP contribution >= 0.6 is 0 Å². The monoisotopic (exact) mass is 400 g/mol. The van der Waals surface area contributed by atoms with Gasteiger partial charge in [-0.25, -0.2) is 4.79 Å². The summed E-state index contributed by atoms with van der Waals surface area (Å²) in [5, 5.41) is 9.98. The largest absolute Gasteiger partial charge is 0.423 e. The summed E-state index contributed by atoms with van der Waals surface area (Å²) in [7, 11) is 0. The third-order valence-electron chi connectivity index (χ3n) is 4.65. The number of hydrogen-bond donors (Lipinski definition) is 1. The number of Topliss-reactive ketones (excluding diaryl/α,β-unsaturated/α-hetero) is 1. The van der Waals surface area contributed by atoms with Crippen LogP contribution in [0.25, 0.3) is 22.3 Å². The van der Waals surface area contributed by atoms with E-state index in [4.69, 9.17) is 4.74 Å². The SMILES string of the molecule is C=C(C)C(=O)Oc1ccc(-c2ccc(-c3cccc(C(=O)C(C)(C)O)c3)cc2)cc1. The predicted octanol–water partition coefficient (Wildman–Crippen LogP) is 5.46. The number of rotatable bonds is 6. The molecule has 0 spiro atoms. The lowest BCUT2D eigenvalue weighted by molar-refractivity contribution is -0.130. The molecule has 4 nitrogen and oxygen atoms in total. The highest BCUT2D eigenvalue weighted by Gasteiger charge is 2.25. The van der Waals surface area contributed by atoms with Gasteiger partial charge in [0, 0.05) is 11.1 Å². The summed E-state index contributed by atoms with van der Waals surface area (Å²) in [5.74, 6) is -0.289. The topological polar surface area (TPSA) is 63.6 Å². The van der Waals surface area contributed by atoms with E-state index in [1.807, 2.05) is 48.5 Å². The van der Waals surface area contributed by atoms with E-state index < -0.39 is 11.6 Å². The van der Waals surface area contributed by atoms with Crippen molar-refractivity contribution in [3.05, 3.63) is 90.5 Å². The first kappa shape index (κ1) is 21.2. The van der Waals surface area contributed by atoms with Crippen molar-refractivity contribution in [1.29, 1.82) is 0 Å². The van der Waals surface area contributed by atoms with Gasteiger partial charge in [-0.1, -0.05) is 61.2 Å². The Morgan fingerprint density at radius 1 is 0.833 bits per heavy atom. The first-order valence-electron chi connectivity index (χ1n) is 9.61. The Hall–Kier alpha value is -3.50. The highest BCUT2D eigenvalue weighted by molar-refractivity contribution is 6.02. The first-order chi connectivity index (χ1) is 14.1. The van der Waals surface area contributed by atoms with Gasteiger partial charge in [-0.05, 0) is 61.2 Å². The van der Waals surface area contributed by atoms with Gasteiger partial charge in [-0.2, -0.15) is 0 Å². The molecule has 0 atom stereocenters. The average molecular weight is 400 g/mol. The van der Waals surface area contributed by atoms with Gasteiger partial charge in [0.05, 0.1) is 0 Å². The molecule has 0 radical (unpaired) electrons. The fraction of sp³-hybridized carbons (Fsp3) is 0.154. The van der Waals surface area contributed by atoms with Gasteiger partial charge < -0.3 is 9.84 Å². The molecule has 0 saturated heterocycles. The van der Waals surface area contributed by atoms with Gasteiger partial charge >= 0.3 is 5.97 Å². The standard InChI is InChI=1S/C26H24O4/c1-17(2)25(28)30-23-14-12-19(13-15-23)18-8-10-20(11-9-18)21-6-5-7-22(16-21)24(27)26(3,4)29/h5-16,29H,1H2,2-4H3. The molecule has 3 rings (SSSR count). The van der Waals surface area contributed by atoms with Crippen molar-refractivity contribution in [1.82, 2.24) is 0 Å². The molecule has 0 aliphatic heterocycles. The third kappa shape index (κ3) is 4.91. The predicted molar refractivity (Wildman–Crippen MR) is 118 cm³/mol.